The Balaban J connectivity index is 2.38. The molecule has 3 nitrogen and oxygen atoms in total. The third-order valence-corrected chi connectivity index (χ3v) is 3.21. The van der Waals surface area contributed by atoms with Crippen LogP contribution in [0.1, 0.15) is 22.9 Å². The first-order valence-corrected chi connectivity index (χ1v) is 5.33. The van der Waals surface area contributed by atoms with Crippen LogP contribution in [-0.2, 0) is 7.05 Å². The van der Waals surface area contributed by atoms with Crippen molar-refractivity contribution in [1.82, 2.24) is 9.78 Å². The second kappa shape index (κ2) is 3.55. The summed E-state index contributed by atoms with van der Waals surface area (Å²) in [5.41, 5.74) is 2.92. The van der Waals surface area contributed by atoms with Gasteiger partial charge in [0.1, 0.15) is 6.10 Å². The van der Waals surface area contributed by atoms with Crippen molar-refractivity contribution in [2.24, 2.45) is 7.05 Å². The maximum atomic E-state index is 10.1. The van der Waals surface area contributed by atoms with Crippen molar-refractivity contribution in [2.75, 3.05) is 0 Å². The van der Waals surface area contributed by atoms with E-state index in [0.29, 0.717) is 0 Å². The van der Waals surface area contributed by atoms with Gasteiger partial charge in [0.2, 0.25) is 0 Å². The standard InChI is InChI=1S/C10H12N2OS/c1-7-5-14-6-8(7)10(13)9-3-4-11-12(9)2/h3-6,10,13H,1-2H3. The minimum atomic E-state index is -0.561. The molecule has 4 heteroatoms. The first kappa shape index (κ1) is 9.43. The SMILES string of the molecule is Cc1cscc1C(O)c1ccnn1C. The largest absolute Gasteiger partial charge is 0.382 e. The Morgan fingerprint density at radius 3 is 2.79 bits per heavy atom. The number of aryl methyl sites for hydroxylation is 2. The second-order valence-corrected chi connectivity index (χ2v) is 4.04. The summed E-state index contributed by atoms with van der Waals surface area (Å²) in [5, 5.41) is 18.1. The van der Waals surface area contributed by atoms with Crippen molar-refractivity contribution in [3.05, 3.63) is 39.8 Å². The van der Waals surface area contributed by atoms with E-state index in [4.69, 9.17) is 0 Å². The fourth-order valence-corrected chi connectivity index (χ4v) is 2.33. The molecule has 0 saturated heterocycles. The van der Waals surface area contributed by atoms with Crippen molar-refractivity contribution in [2.45, 2.75) is 13.0 Å². The second-order valence-electron chi connectivity index (χ2n) is 3.29. The van der Waals surface area contributed by atoms with Crippen LogP contribution in [0, 0.1) is 6.92 Å². The smallest absolute Gasteiger partial charge is 0.122 e. The molecule has 0 aliphatic rings. The Labute approximate surface area is 86.6 Å². The Morgan fingerprint density at radius 1 is 1.50 bits per heavy atom. The highest BCUT2D eigenvalue weighted by molar-refractivity contribution is 7.08. The van der Waals surface area contributed by atoms with Crippen LogP contribution in [0.4, 0.5) is 0 Å². The van der Waals surface area contributed by atoms with Crippen LogP contribution in [0.3, 0.4) is 0 Å². The predicted octanol–water partition coefficient (Wildman–Crippen LogP) is 1.87. The van der Waals surface area contributed by atoms with Crippen molar-refractivity contribution < 1.29 is 5.11 Å². The van der Waals surface area contributed by atoms with Gasteiger partial charge in [-0.05, 0) is 29.3 Å². The molecule has 0 radical (unpaired) electrons. The summed E-state index contributed by atoms with van der Waals surface area (Å²) >= 11 is 1.61. The van der Waals surface area contributed by atoms with Gasteiger partial charge >= 0.3 is 0 Å². The first-order valence-electron chi connectivity index (χ1n) is 4.39. The molecule has 0 saturated carbocycles. The number of rotatable bonds is 2. The monoisotopic (exact) mass is 208 g/mol. The first-order chi connectivity index (χ1) is 6.70. The zero-order valence-electron chi connectivity index (χ0n) is 8.14. The Kier molecular flexibility index (Phi) is 2.39. The lowest BCUT2D eigenvalue weighted by Gasteiger charge is -2.10. The minimum absolute atomic E-state index is 0.561. The maximum Gasteiger partial charge on any atom is 0.122 e. The lowest BCUT2D eigenvalue weighted by molar-refractivity contribution is 0.209. The molecule has 0 aliphatic carbocycles. The number of thiophene rings is 1. The molecule has 1 N–H and O–H groups in total. The number of nitrogens with zero attached hydrogens (tertiary/aromatic N) is 2. The van der Waals surface area contributed by atoms with E-state index in [9.17, 15) is 5.11 Å². The van der Waals surface area contributed by atoms with Gasteiger partial charge < -0.3 is 5.11 Å². The molecule has 0 spiro atoms. The summed E-state index contributed by atoms with van der Waals surface area (Å²) in [6.07, 6.45) is 1.13. The molecular formula is C10H12N2OS. The fourth-order valence-electron chi connectivity index (χ4n) is 1.46. The molecule has 2 aromatic heterocycles. The molecule has 2 rings (SSSR count). The average Bonchev–Trinajstić information content (AvgIpc) is 2.73. The summed E-state index contributed by atoms with van der Waals surface area (Å²) in [5.74, 6) is 0. The molecule has 0 aliphatic heterocycles. The lowest BCUT2D eigenvalue weighted by Crippen LogP contribution is -2.06. The zero-order chi connectivity index (χ0) is 10.1. The van der Waals surface area contributed by atoms with Crippen molar-refractivity contribution in [3.8, 4) is 0 Å². The van der Waals surface area contributed by atoms with Gasteiger partial charge in [0.15, 0.2) is 0 Å². The minimum Gasteiger partial charge on any atom is -0.382 e. The average molecular weight is 208 g/mol. The van der Waals surface area contributed by atoms with Crippen LogP contribution >= 0.6 is 11.3 Å². The third kappa shape index (κ3) is 1.47. The van der Waals surface area contributed by atoms with Crippen LogP contribution in [-0.4, -0.2) is 14.9 Å². The molecule has 14 heavy (non-hydrogen) atoms. The van der Waals surface area contributed by atoms with Crippen molar-refractivity contribution >= 4 is 11.3 Å². The molecule has 1 unspecified atom stereocenters. The van der Waals surface area contributed by atoms with Crippen LogP contribution < -0.4 is 0 Å². The van der Waals surface area contributed by atoms with Gasteiger partial charge in [-0.25, -0.2) is 0 Å². The zero-order valence-corrected chi connectivity index (χ0v) is 8.95. The summed E-state index contributed by atoms with van der Waals surface area (Å²) in [7, 11) is 1.83. The normalized spacial score (nSPS) is 13.1. The number of hydrogen-bond acceptors (Lipinski definition) is 3. The molecule has 0 fully saturated rings. The van der Waals surface area contributed by atoms with E-state index in [1.165, 1.54) is 0 Å². The van der Waals surface area contributed by atoms with Gasteiger partial charge in [-0.15, -0.1) is 0 Å². The van der Waals surface area contributed by atoms with Crippen LogP contribution in [0.2, 0.25) is 0 Å². The van der Waals surface area contributed by atoms with E-state index in [1.54, 1.807) is 22.2 Å². The molecular weight excluding hydrogens is 196 g/mol. The Hall–Kier alpha value is -1.13. The fraction of sp³-hybridized carbons (Fsp3) is 0.300. The van der Waals surface area contributed by atoms with Gasteiger partial charge in [0.05, 0.1) is 5.69 Å². The van der Waals surface area contributed by atoms with E-state index < -0.39 is 6.10 Å². The highest BCUT2D eigenvalue weighted by Crippen LogP contribution is 2.26. The van der Waals surface area contributed by atoms with E-state index in [-0.39, 0.29) is 0 Å². The van der Waals surface area contributed by atoms with Gasteiger partial charge in [-0.2, -0.15) is 16.4 Å². The van der Waals surface area contributed by atoms with E-state index in [1.807, 2.05) is 30.8 Å². The molecule has 0 amide bonds. The lowest BCUT2D eigenvalue weighted by atomic mass is 10.1. The van der Waals surface area contributed by atoms with Crippen LogP contribution in [0.5, 0.6) is 0 Å². The predicted molar refractivity (Wildman–Crippen MR) is 56.3 cm³/mol. The highest BCUT2D eigenvalue weighted by Gasteiger charge is 2.16. The van der Waals surface area contributed by atoms with Gasteiger partial charge in [-0.3, -0.25) is 4.68 Å². The summed E-state index contributed by atoms with van der Waals surface area (Å²) < 4.78 is 1.70. The topological polar surface area (TPSA) is 38.1 Å². The molecule has 1 atom stereocenters. The number of aromatic nitrogens is 2. The van der Waals surface area contributed by atoms with Crippen molar-refractivity contribution in [3.63, 3.8) is 0 Å². The molecule has 2 heterocycles. The number of aliphatic hydroxyl groups is 1. The molecule has 74 valence electrons. The van der Waals surface area contributed by atoms with E-state index >= 15 is 0 Å². The maximum absolute atomic E-state index is 10.1. The van der Waals surface area contributed by atoms with Gasteiger partial charge in [0.25, 0.3) is 0 Å². The van der Waals surface area contributed by atoms with Gasteiger partial charge in [-0.1, -0.05) is 0 Å². The summed E-state index contributed by atoms with van der Waals surface area (Å²) in [4.78, 5) is 0. The molecule has 0 bridgehead atoms. The van der Waals surface area contributed by atoms with E-state index in [2.05, 4.69) is 5.10 Å². The van der Waals surface area contributed by atoms with Gasteiger partial charge in [0, 0.05) is 18.8 Å². The summed E-state index contributed by atoms with van der Waals surface area (Å²) in [6.45, 7) is 2.01. The van der Waals surface area contributed by atoms with Crippen molar-refractivity contribution in [1.29, 1.82) is 0 Å². The van der Waals surface area contributed by atoms with Crippen LogP contribution in [0.25, 0.3) is 0 Å². The Morgan fingerprint density at radius 2 is 2.29 bits per heavy atom. The number of aliphatic hydroxyl groups excluding tert-OH is 1. The quantitative estimate of drug-likeness (QED) is 0.818. The third-order valence-electron chi connectivity index (χ3n) is 2.33. The van der Waals surface area contributed by atoms with Crippen LogP contribution in [0.15, 0.2) is 23.0 Å². The summed E-state index contributed by atoms with van der Waals surface area (Å²) in [6, 6.07) is 1.84. The molecule has 0 aromatic carbocycles. The molecule has 2 aromatic rings. The number of hydrogen-bond donors (Lipinski definition) is 1. The highest BCUT2D eigenvalue weighted by atomic mass is 32.1. The van der Waals surface area contributed by atoms with E-state index in [0.717, 1.165) is 16.8 Å². The Bertz CT molecular complexity index is 393.